The average Bonchev–Trinajstić information content (AvgIpc) is 3.27. The van der Waals surface area contributed by atoms with Crippen LogP contribution in [0.1, 0.15) is 6.42 Å². The van der Waals surface area contributed by atoms with Crippen molar-refractivity contribution in [1.82, 2.24) is 4.90 Å². The Morgan fingerprint density at radius 3 is 2.38 bits per heavy atom. The van der Waals surface area contributed by atoms with Gasteiger partial charge in [-0.2, -0.15) is 0 Å². The minimum absolute atomic E-state index is 0.124. The van der Waals surface area contributed by atoms with Crippen LogP contribution in [0, 0.1) is 11.8 Å². The van der Waals surface area contributed by atoms with Crippen molar-refractivity contribution in [2.75, 3.05) is 27.3 Å². The van der Waals surface area contributed by atoms with Crippen LogP contribution in [-0.4, -0.2) is 49.2 Å². The first kappa shape index (κ1) is 15.2. The van der Waals surface area contributed by atoms with Gasteiger partial charge in [-0.1, -0.05) is 0 Å². The first-order valence-electron chi connectivity index (χ1n) is 6.77. The van der Waals surface area contributed by atoms with Crippen molar-refractivity contribution in [3.05, 3.63) is 24.3 Å². The molecule has 114 valence electrons. The summed E-state index contributed by atoms with van der Waals surface area (Å²) in [5.41, 5.74) is 0. The van der Waals surface area contributed by atoms with Gasteiger partial charge >= 0.3 is 5.97 Å². The number of amides is 1. The molecule has 0 heterocycles. The number of hydrogen-bond donors (Lipinski definition) is 1. The van der Waals surface area contributed by atoms with Crippen molar-refractivity contribution in [2.24, 2.45) is 11.8 Å². The van der Waals surface area contributed by atoms with Crippen molar-refractivity contribution >= 4 is 11.9 Å². The van der Waals surface area contributed by atoms with Gasteiger partial charge in [-0.15, -0.1) is 0 Å². The molecule has 2 unspecified atom stereocenters. The molecule has 6 nitrogen and oxygen atoms in total. The summed E-state index contributed by atoms with van der Waals surface area (Å²) >= 11 is 0. The van der Waals surface area contributed by atoms with E-state index in [0.29, 0.717) is 25.3 Å². The number of carboxylic acid groups (broad SMARTS) is 1. The van der Waals surface area contributed by atoms with E-state index in [2.05, 4.69) is 0 Å². The van der Waals surface area contributed by atoms with Crippen LogP contribution in [0.2, 0.25) is 0 Å². The first-order chi connectivity index (χ1) is 10.0. The van der Waals surface area contributed by atoms with Crippen LogP contribution >= 0.6 is 0 Å². The first-order valence-corrected chi connectivity index (χ1v) is 6.77. The Kier molecular flexibility index (Phi) is 4.67. The molecular formula is C15H19NO5. The zero-order chi connectivity index (χ0) is 15.4. The number of aliphatic carboxylic acids is 1. The van der Waals surface area contributed by atoms with Crippen molar-refractivity contribution in [3.63, 3.8) is 0 Å². The van der Waals surface area contributed by atoms with E-state index in [1.165, 1.54) is 4.90 Å². The number of ether oxygens (including phenoxy) is 2. The SMILES string of the molecule is COc1ccc(OCCN(C)C(=O)C2CC2C(=O)O)cc1. The average molecular weight is 293 g/mol. The van der Waals surface area contributed by atoms with Crippen molar-refractivity contribution in [2.45, 2.75) is 6.42 Å². The van der Waals surface area contributed by atoms with Gasteiger partial charge < -0.3 is 19.5 Å². The van der Waals surface area contributed by atoms with Gasteiger partial charge in [-0.3, -0.25) is 9.59 Å². The van der Waals surface area contributed by atoms with Gasteiger partial charge in [-0.25, -0.2) is 0 Å². The number of rotatable bonds is 7. The monoisotopic (exact) mass is 293 g/mol. The predicted octanol–water partition coefficient (Wildman–Crippen LogP) is 1.25. The molecule has 1 fully saturated rings. The summed E-state index contributed by atoms with van der Waals surface area (Å²) in [4.78, 5) is 24.2. The smallest absolute Gasteiger partial charge is 0.307 e. The molecule has 0 radical (unpaired) electrons. The predicted molar refractivity (Wildman–Crippen MR) is 75.4 cm³/mol. The Hall–Kier alpha value is -2.24. The van der Waals surface area contributed by atoms with Gasteiger partial charge in [0.05, 0.1) is 25.5 Å². The number of carbonyl (C=O) groups excluding carboxylic acids is 1. The lowest BCUT2D eigenvalue weighted by atomic mass is 10.3. The number of likely N-dealkylation sites (N-methyl/N-ethyl adjacent to an activating group) is 1. The fourth-order valence-corrected chi connectivity index (χ4v) is 2.11. The van der Waals surface area contributed by atoms with Gasteiger partial charge in [0.1, 0.15) is 18.1 Å². The molecule has 0 aliphatic heterocycles. The highest BCUT2D eigenvalue weighted by atomic mass is 16.5. The summed E-state index contributed by atoms with van der Waals surface area (Å²) < 4.78 is 10.6. The molecule has 21 heavy (non-hydrogen) atoms. The third-order valence-electron chi connectivity index (χ3n) is 3.56. The maximum absolute atomic E-state index is 11.9. The van der Waals surface area contributed by atoms with E-state index in [0.717, 1.165) is 5.75 Å². The topological polar surface area (TPSA) is 76.1 Å². The van der Waals surface area contributed by atoms with Crippen LogP contribution in [0.3, 0.4) is 0 Å². The highest BCUT2D eigenvalue weighted by molar-refractivity contribution is 5.89. The van der Waals surface area contributed by atoms with Gasteiger partial charge in [0.15, 0.2) is 0 Å². The van der Waals surface area contributed by atoms with E-state index in [1.807, 2.05) is 0 Å². The largest absolute Gasteiger partial charge is 0.497 e. The molecule has 0 spiro atoms. The fourth-order valence-electron chi connectivity index (χ4n) is 2.11. The summed E-state index contributed by atoms with van der Waals surface area (Å²) in [6, 6.07) is 7.18. The third kappa shape index (κ3) is 3.87. The number of carboxylic acids is 1. The Labute approximate surface area is 123 Å². The Balaban J connectivity index is 1.72. The van der Waals surface area contributed by atoms with Crippen molar-refractivity contribution in [1.29, 1.82) is 0 Å². The van der Waals surface area contributed by atoms with E-state index < -0.39 is 11.9 Å². The zero-order valence-electron chi connectivity index (χ0n) is 12.1. The van der Waals surface area contributed by atoms with Crippen LogP contribution in [0.15, 0.2) is 24.3 Å². The molecule has 1 aromatic carbocycles. The molecule has 1 amide bonds. The molecule has 0 aromatic heterocycles. The quantitative estimate of drug-likeness (QED) is 0.819. The molecule has 6 heteroatoms. The number of hydrogen-bond acceptors (Lipinski definition) is 4. The van der Waals surface area contributed by atoms with E-state index >= 15 is 0 Å². The van der Waals surface area contributed by atoms with Gasteiger partial charge in [0, 0.05) is 7.05 Å². The fraction of sp³-hybridized carbons (Fsp3) is 0.467. The third-order valence-corrected chi connectivity index (χ3v) is 3.56. The standard InChI is InChI=1S/C15H19NO5/c1-16(14(17)12-9-13(12)15(18)19)7-8-21-11-5-3-10(20-2)4-6-11/h3-6,12-13H,7-9H2,1-2H3,(H,18,19). The second-order valence-corrected chi connectivity index (χ2v) is 5.07. The molecule has 2 rings (SSSR count). The molecular weight excluding hydrogens is 274 g/mol. The van der Waals surface area contributed by atoms with E-state index in [4.69, 9.17) is 14.6 Å². The Morgan fingerprint density at radius 2 is 1.86 bits per heavy atom. The Bertz CT molecular complexity index is 513. The molecule has 2 atom stereocenters. The maximum atomic E-state index is 11.9. The molecule has 1 saturated carbocycles. The second-order valence-electron chi connectivity index (χ2n) is 5.07. The second kappa shape index (κ2) is 6.47. The molecule has 1 aliphatic rings. The van der Waals surface area contributed by atoms with Gasteiger partial charge in [-0.05, 0) is 30.7 Å². The number of methoxy groups -OCH3 is 1. The lowest BCUT2D eigenvalue weighted by Gasteiger charge is -2.17. The van der Waals surface area contributed by atoms with Gasteiger partial charge in [0.25, 0.3) is 0 Å². The van der Waals surface area contributed by atoms with E-state index in [9.17, 15) is 9.59 Å². The molecule has 1 aliphatic carbocycles. The summed E-state index contributed by atoms with van der Waals surface area (Å²) in [7, 11) is 3.26. The summed E-state index contributed by atoms with van der Waals surface area (Å²) in [6.07, 6.45) is 0.442. The summed E-state index contributed by atoms with van der Waals surface area (Å²) in [5, 5.41) is 8.82. The van der Waals surface area contributed by atoms with E-state index in [1.54, 1.807) is 38.4 Å². The number of carbonyl (C=O) groups is 2. The van der Waals surface area contributed by atoms with Crippen LogP contribution in [0.5, 0.6) is 11.5 Å². The zero-order valence-corrected chi connectivity index (χ0v) is 12.1. The summed E-state index contributed by atoms with van der Waals surface area (Å²) in [6.45, 7) is 0.784. The van der Waals surface area contributed by atoms with Crippen LogP contribution in [-0.2, 0) is 9.59 Å². The highest BCUT2D eigenvalue weighted by Gasteiger charge is 2.49. The normalized spacial score (nSPS) is 19.7. The van der Waals surface area contributed by atoms with Crippen molar-refractivity contribution < 1.29 is 24.2 Å². The lowest BCUT2D eigenvalue weighted by Crippen LogP contribution is -2.32. The lowest BCUT2D eigenvalue weighted by molar-refractivity contribution is -0.141. The van der Waals surface area contributed by atoms with Gasteiger partial charge in [0.2, 0.25) is 5.91 Å². The number of nitrogens with zero attached hydrogens (tertiary/aromatic N) is 1. The minimum Gasteiger partial charge on any atom is -0.497 e. The van der Waals surface area contributed by atoms with Crippen LogP contribution in [0.25, 0.3) is 0 Å². The molecule has 1 aromatic rings. The van der Waals surface area contributed by atoms with Crippen molar-refractivity contribution in [3.8, 4) is 11.5 Å². The molecule has 1 N–H and O–H groups in total. The minimum atomic E-state index is -0.892. The van der Waals surface area contributed by atoms with E-state index in [-0.39, 0.29) is 11.8 Å². The highest BCUT2D eigenvalue weighted by Crippen LogP contribution is 2.39. The molecule has 0 saturated heterocycles. The van der Waals surface area contributed by atoms with Crippen LogP contribution < -0.4 is 9.47 Å². The maximum Gasteiger partial charge on any atom is 0.307 e. The molecule has 0 bridgehead atoms. The number of benzene rings is 1. The summed E-state index contributed by atoms with van der Waals surface area (Å²) in [5.74, 6) is -0.442. The van der Waals surface area contributed by atoms with Crippen LogP contribution in [0.4, 0.5) is 0 Å². The Morgan fingerprint density at radius 1 is 1.24 bits per heavy atom.